The quantitative estimate of drug-likeness (QED) is 0.358. The van der Waals surface area contributed by atoms with Crippen LogP contribution in [0.3, 0.4) is 0 Å². The third-order valence-corrected chi connectivity index (χ3v) is 7.99. The monoisotopic (exact) mass is 459 g/mol. The van der Waals surface area contributed by atoms with Crippen LogP contribution in [0, 0.1) is 17.1 Å². The van der Waals surface area contributed by atoms with Crippen molar-refractivity contribution in [2.45, 2.75) is 24.9 Å². The van der Waals surface area contributed by atoms with Gasteiger partial charge in [0.25, 0.3) is 5.69 Å². The smallest absolute Gasteiger partial charge is 0.436 e. The lowest BCUT2D eigenvalue weighted by atomic mass is 10.2. The summed E-state index contributed by atoms with van der Waals surface area (Å²) in [5.74, 6) is -13.3. The number of nitriles is 1. The average molecular weight is 459 g/mol. The molecule has 0 aliphatic carbocycles. The molecular weight excluding hydrogens is 449 g/mol. The van der Waals surface area contributed by atoms with Crippen molar-refractivity contribution in [1.82, 2.24) is 0 Å². The Hall–Kier alpha value is -1.09. The SMILES string of the molecule is CCSP(=S)(OCC(F)(F)C(F)(F)C(F)(F)F)Oc1ccc(C#N)c(F)c1. The summed E-state index contributed by atoms with van der Waals surface area (Å²) < 4.78 is 112. The number of alkyl halides is 7. The van der Waals surface area contributed by atoms with Gasteiger partial charge in [-0.05, 0) is 23.9 Å². The highest BCUT2D eigenvalue weighted by Crippen LogP contribution is 2.61. The molecular formula is C13H10F8NO2PS2. The molecule has 1 unspecified atom stereocenters. The van der Waals surface area contributed by atoms with Crippen LogP contribution in [0.15, 0.2) is 18.2 Å². The molecule has 0 aliphatic heterocycles. The Morgan fingerprint density at radius 2 is 1.78 bits per heavy atom. The predicted octanol–water partition coefficient (Wildman–Crippen LogP) is 5.90. The molecule has 0 heterocycles. The van der Waals surface area contributed by atoms with Crippen LogP contribution in [0.4, 0.5) is 35.1 Å². The van der Waals surface area contributed by atoms with Gasteiger partial charge in [-0.15, -0.1) is 0 Å². The minimum absolute atomic E-state index is 0.0806. The van der Waals surface area contributed by atoms with Gasteiger partial charge >= 0.3 is 18.0 Å². The minimum atomic E-state index is -6.50. The summed E-state index contributed by atoms with van der Waals surface area (Å²) in [6.07, 6.45) is -6.50. The predicted molar refractivity (Wildman–Crippen MR) is 86.1 cm³/mol. The largest absolute Gasteiger partial charge is 0.459 e. The average Bonchev–Trinajstić information content (AvgIpc) is 2.52. The molecule has 14 heteroatoms. The lowest BCUT2D eigenvalue weighted by Crippen LogP contribution is -2.54. The van der Waals surface area contributed by atoms with Crippen LogP contribution in [0.2, 0.25) is 0 Å². The molecule has 152 valence electrons. The van der Waals surface area contributed by atoms with Gasteiger partial charge in [0.05, 0.1) is 5.56 Å². The van der Waals surface area contributed by atoms with Gasteiger partial charge in [-0.25, -0.2) is 4.39 Å². The summed E-state index contributed by atoms with van der Waals surface area (Å²) in [6.45, 7) is -0.886. The number of rotatable bonds is 8. The Kier molecular flexibility index (Phi) is 7.55. The molecule has 1 atom stereocenters. The highest BCUT2D eigenvalue weighted by atomic mass is 32.9. The lowest BCUT2D eigenvalue weighted by Gasteiger charge is -2.30. The second kappa shape index (κ2) is 8.51. The summed E-state index contributed by atoms with van der Waals surface area (Å²) in [7, 11) is 0. The molecule has 1 rings (SSSR count). The van der Waals surface area contributed by atoms with E-state index >= 15 is 0 Å². The first-order valence-electron chi connectivity index (χ1n) is 6.80. The fourth-order valence-electron chi connectivity index (χ4n) is 1.48. The Morgan fingerprint density at radius 3 is 2.22 bits per heavy atom. The van der Waals surface area contributed by atoms with Crippen LogP contribution in [-0.2, 0) is 16.3 Å². The maximum absolute atomic E-state index is 13.6. The first-order chi connectivity index (χ1) is 12.2. The van der Waals surface area contributed by atoms with Crippen molar-refractivity contribution in [3.05, 3.63) is 29.6 Å². The summed E-state index contributed by atoms with van der Waals surface area (Å²) in [5.41, 5.74) is -4.25. The second-order valence-corrected chi connectivity index (χ2v) is 11.3. The van der Waals surface area contributed by atoms with Gasteiger partial charge in [0.1, 0.15) is 24.2 Å². The van der Waals surface area contributed by atoms with Gasteiger partial charge in [0.15, 0.2) is 0 Å². The van der Waals surface area contributed by atoms with Gasteiger partial charge in [0, 0.05) is 11.8 Å². The summed E-state index contributed by atoms with van der Waals surface area (Å²) in [6, 6.07) is 4.22. The lowest BCUT2D eigenvalue weighted by molar-refractivity contribution is -0.358. The zero-order valence-corrected chi connectivity index (χ0v) is 15.7. The Bertz CT molecular complexity index is 766. The molecule has 0 saturated carbocycles. The van der Waals surface area contributed by atoms with Crippen molar-refractivity contribution in [2.24, 2.45) is 0 Å². The van der Waals surface area contributed by atoms with E-state index in [4.69, 9.17) is 21.6 Å². The highest BCUT2D eigenvalue weighted by Gasteiger charge is 2.73. The van der Waals surface area contributed by atoms with E-state index in [1.165, 1.54) is 13.0 Å². The Balaban J connectivity index is 3.03. The maximum Gasteiger partial charge on any atom is 0.459 e. The highest BCUT2D eigenvalue weighted by molar-refractivity contribution is 8.68. The van der Waals surface area contributed by atoms with E-state index in [0.717, 1.165) is 12.1 Å². The molecule has 0 saturated heterocycles. The van der Waals surface area contributed by atoms with E-state index in [9.17, 15) is 35.1 Å². The third kappa shape index (κ3) is 5.70. The molecule has 0 aliphatic rings. The normalized spacial score (nSPS) is 15.1. The number of nitrogens with zero attached hydrogens (tertiary/aromatic N) is 1. The van der Waals surface area contributed by atoms with Crippen LogP contribution in [0.1, 0.15) is 12.5 Å². The molecule has 0 bridgehead atoms. The van der Waals surface area contributed by atoms with E-state index in [1.807, 2.05) is 0 Å². The van der Waals surface area contributed by atoms with Gasteiger partial charge < -0.3 is 9.05 Å². The fourth-order valence-corrected chi connectivity index (χ4v) is 5.78. The molecule has 0 aromatic heterocycles. The minimum Gasteiger partial charge on any atom is -0.436 e. The standard InChI is InChI=1S/C13H10F8NO2PS2/c1-2-27-25(26,24-9-4-3-8(6-22)10(14)5-9)23-7-11(15,16)12(17,18)13(19,20)21/h3-5H,2,7H2,1H3. The van der Waals surface area contributed by atoms with E-state index < -0.39 is 36.1 Å². The van der Waals surface area contributed by atoms with Crippen molar-refractivity contribution < 1.29 is 44.2 Å². The molecule has 3 nitrogen and oxygen atoms in total. The molecule has 1 aromatic carbocycles. The second-order valence-electron chi connectivity index (χ2n) is 4.76. The van der Waals surface area contributed by atoms with Crippen LogP contribution in [-0.4, -0.2) is 30.4 Å². The number of benzene rings is 1. The number of halogens is 8. The zero-order valence-electron chi connectivity index (χ0n) is 13.2. The molecule has 1 aromatic rings. The van der Waals surface area contributed by atoms with E-state index in [-0.39, 0.29) is 17.1 Å². The van der Waals surface area contributed by atoms with E-state index in [0.29, 0.717) is 17.4 Å². The van der Waals surface area contributed by atoms with Crippen molar-refractivity contribution in [2.75, 3.05) is 12.4 Å². The Morgan fingerprint density at radius 1 is 1.19 bits per heavy atom. The molecule has 0 radical (unpaired) electrons. The van der Waals surface area contributed by atoms with Crippen LogP contribution >= 0.6 is 17.1 Å². The van der Waals surface area contributed by atoms with E-state index in [1.54, 1.807) is 0 Å². The Labute approximate surface area is 157 Å². The van der Waals surface area contributed by atoms with Gasteiger partial charge in [-0.3, -0.25) is 0 Å². The summed E-state index contributed by atoms with van der Waals surface area (Å²) in [5, 5.41) is 8.62. The van der Waals surface area contributed by atoms with Gasteiger partial charge in [-0.2, -0.15) is 36.0 Å². The molecule has 27 heavy (non-hydrogen) atoms. The zero-order chi connectivity index (χ0) is 21.1. The van der Waals surface area contributed by atoms with Crippen LogP contribution < -0.4 is 4.52 Å². The summed E-state index contributed by atoms with van der Waals surface area (Å²) >= 11 is 5.44. The van der Waals surface area contributed by atoms with Gasteiger partial charge in [-0.1, -0.05) is 18.3 Å². The first-order valence-corrected chi connectivity index (χ1v) is 11.0. The molecule has 0 spiro atoms. The van der Waals surface area contributed by atoms with Crippen molar-refractivity contribution in [1.29, 1.82) is 5.26 Å². The van der Waals surface area contributed by atoms with Crippen molar-refractivity contribution in [3.63, 3.8) is 0 Å². The number of hydrogen-bond donors (Lipinski definition) is 0. The maximum atomic E-state index is 13.6. The van der Waals surface area contributed by atoms with Gasteiger partial charge in [0.2, 0.25) is 0 Å². The molecule has 0 fully saturated rings. The third-order valence-electron chi connectivity index (χ3n) is 2.78. The van der Waals surface area contributed by atoms with E-state index in [2.05, 4.69) is 4.52 Å². The van der Waals surface area contributed by atoms with Crippen molar-refractivity contribution >= 4 is 28.9 Å². The fraction of sp³-hybridized carbons (Fsp3) is 0.462. The first kappa shape index (κ1) is 23.9. The van der Waals surface area contributed by atoms with Crippen LogP contribution in [0.5, 0.6) is 5.75 Å². The van der Waals surface area contributed by atoms with Crippen molar-refractivity contribution in [3.8, 4) is 11.8 Å². The number of hydrogen-bond acceptors (Lipinski definition) is 5. The van der Waals surface area contributed by atoms with Crippen LogP contribution in [0.25, 0.3) is 0 Å². The topological polar surface area (TPSA) is 42.2 Å². The molecule has 0 N–H and O–H groups in total. The molecule has 0 amide bonds. The summed E-state index contributed by atoms with van der Waals surface area (Å²) in [4.78, 5) is 0.